The van der Waals surface area contributed by atoms with Crippen LogP contribution in [0, 0.1) is 0 Å². The Bertz CT molecular complexity index is 63.5. The molecule has 8 heavy (non-hydrogen) atoms. The third kappa shape index (κ3) is 2.99. The Morgan fingerprint density at radius 1 is 1.75 bits per heavy atom. The average Bonchev–Trinajstić information content (AvgIpc) is 1.83. The van der Waals surface area contributed by atoms with E-state index in [0.717, 1.165) is 6.23 Å². The second kappa shape index (κ2) is 5.06. The summed E-state index contributed by atoms with van der Waals surface area (Å²) < 4.78 is 4.98. The van der Waals surface area contributed by atoms with Crippen LogP contribution in [-0.4, -0.2) is 22.1 Å². The standard InChI is InChI=1S/C6H14OSi/c1-4-8(5-2)6-7-3/h4,8H,1,5-6H2,2-3H3. The molecule has 0 spiro atoms. The topological polar surface area (TPSA) is 9.23 Å². The van der Waals surface area contributed by atoms with Gasteiger partial charge in [-0.15, -0.1) is 12.3 Å². The van der Waals surface area contributed by atoms with Gasteiger partial charge in [-0.3, -0.25) is 0 Å². The van der Waals surface area contributed by atoms with E-state index < -0.39 is 8.80 Å². The molecule has 0 bridgehead atoms. The first-order valence-corrected chi connectivity index (χ1v) is 5.26. The molecule has 0 amide bonds. The molecule has 0 N–H and O–H groups in total. The van der Waals surface area contributed by atoms with Gasteiger partial charge in [-0.05, 0) is 0 Å². The Morgan fingerprint density at radius 2 is 2.38 bits per heavy atom. The van der Waals surface area contributed by atoms with Gasteiger partial charge in [0.25, 0.3) is 0 Å². The molecule has 0 saturated heterocycles. The fourth-order valence-electron chi connectivity index (χ4n) is 0.567. The summed E-state index contributed by atoms with van der Waals surface area (Å²) >= 11 is 0. The van der Waals surface area contributed by atoms with Crippen LogP contribution in [0.15, 0.2) is 12.3 Å². The van der Waals surface area contributed by atoms with Crippen molar-refractivity contribution in [3.8, 4) is 0 Å². The molecule has 48 valence electrons. The van der Waals surface area contributed by atoms with Gasteiger partial charge in [-0.2, -0.15) is 0 Å². The normalized spacial score (nSPS) is 13.2. The van der Waals surface area contributed by atoms with Crippen LogP contribution in [-0.2, 0) is 4.74 Å². The number of hydrogen-bond donors (Lipinski definition) is 0. The predicted molar refractivity (Wildman–Crippen MR) is 39.7 cm³/mol. The maximum atomic E-state index is 4.98. The van der Waals surface area contributed by atoms with Crippen molar-refractivity contribution in [1.82, 2.24) is 0 Å². The zero-order chi connectivity index (χ0) is 6.41. The summed E-state index contributed by atoms with van der Waals surface area (Å²) in [5, 5.41) is 0. The van der Waals surface area contributed by atoms with Crippen LogP contribution in [0.4, 0.5) is 0 Å². The predicted octanol–water partition coefficient (Wildman–Crippen LogP) is 1.14. The maximum absolute atomic E-state index is 4.98. The summed E-state index contributed by atoms with van der Waals surface area (Å²) in [5.74, 6) is 0. The summed E-state index contributed by atoms with van der Waals surface area (Å²) in [6.45, 7) is 5.92. The van der Waals surface area contributed by atoms with E-state index in [0.29, 0.717) is 0 Å². The Morgan fingerprint density at radius 3 is 2.50 bits per heavy atom. The summed E-state index contributed by atoms with van der Waals surface area (Å²) in [7, 11) is 1.10. The second-order valence-electron chi connectivity index (χ2n) is 1.86. The van der Waals surface area contributed by atoms with Crippen molar-refractivity contribution in [2.24, 2.45) is 0 Å². The molecule has 0 aliphatic carbocycles. The van der Waals surface area contributed by atoms with E-state index in [1.54, 1.807) is 7.11 Å². The molecule has 0 fully saturated rings. The minimum Gasteiger partial charge on any atom is -0.388 e. The van der Waals surface area contributed by atoms with Crippen LogP contribution in [0.3, 0.4) is 0 Å². The molecule has 0 aromatic carbocycles. The van der Waals surface area contributed by atoms with E-state index in [2.05, 4.69) is 19.2 Å². The molecule has 1 atom stereocenters. The van der Waals surface area contributed by atoms with E-state index >= 15 is 0 Å². The first-order valence-electron chi connectivity index (χ1n) is 2.96. The molecule has 0 aromatic heterocycles. The molecule has 1 nitrogen and oxygen atoms in total. The number of methoxy groups -OCH3 is 1. The Kier molecular flexibility index (Phi) is 5.01. The van der Waals surface area contributed by atoms with Gasteiger partial charge < -0.3 is 4.74 Å². The Balaban J connectivity index is 3.21. The zero-order valence-electron chi connectivity index (χ0n) is 5.68. The van der Waals surface area contributed by atoms with Gasteiger partial charge in [0.1, 0.15) is 0 Å². The highest BCUT2D eigenvalue weighted by atomic mass is 28.3. The number of rotatable bonds is 4. The van der Waals surface area contributed by atoms with Gasteiger partial charge in [0.2, 0.25) is 0 Å². The van der Waals surface area contributed by atoms with Gasteiger partial charge in [0.05, 0.1) is 8.80 Å². The third-order valence-electron chi connectivity index (χ3n) is 1.24. The molecule has 0 saturated carbocycles. The van der Waals surface area contributed by atoms with Gasteiger partial charge in [0.15, 0.2) is 0 Å². The van der Waals surface area contributed by atoms with Crippen LogP contribution >= 0.6 is 0 Å². The van der Waals surface area contributed by atoms with Crippen LogP contribution in [0.25, 0.3) is 0 Å². The highest BCUT2D eigenvalue weighted by Crippen LogP contribution is 1.90. The third-order valence-corrected chi connectivity index (χ3v) is 3.72. The molecule has 0 aliphatic heterocycles. The van der Waals surface area contributed by atoms with Crippen LogP contribution in [0.2, 0.25) is 6.04 Å². The SMILES string of the molecule is C=C[SiH](CC)COC. The van der Waals surface area contributed by atoms with E-state index in [9.17, 15) is 0 Å². The molecular weight excluding hydrogens is 116 g/mol. The molecule has 2 heteroatoms. The highest BCUT2D eigenvalue weighted by molar-refractivity contribution is 6.63. The fraction of sp³-hybridized carbons (Fsp3) is 0.667. The lowest BCUT2D eigenvalue weighted by Crippen LogP contribution is -2.15. The van der Waals surface area contributed by atoms with Crippen molar-refractivity contribution >= 4 is 8.80 Å². The lowest BCUT2D eigenvalue weighted by Gasteiger charge is -2.03. The Labute approximate surface area is 53.0 Å². The monoisotopic (exact) mass is 130 g/mol. The second-order valence-corrected chi connectivity index (χ2v) is 5.00. The molecule has 0 aliphatic rings. The number of hydrogen-bond acceptors (Lipinski definition) is 1. The highest BCUT2D eigenvalue weighted by Gasteiger charge is 1.99. The van der Waals surface area contributed by atoms with Crippen molar-refractivity contribution in [1.29, 1.82) is 0 Å². The summed E-state index contributed by atoms with van der Waals surface area (Å²) in [4.78, 5) is 0. The largest absolute Gasteiger partial charge is 0.388 e. The molecule has 1 unspecified atom stereocenters. The van der Waals surface area contributed by atoms with Crippen molar-refractivity contribution < 1.29 is 4.74 Å². The minimum atomic E-state index is -0.650. The zero-order valence-corrected chi connectivity index (χ0v) is 6.84. The Hall–Kier alpha value is -0.0831. The van der Waals surface area contributed by atoms with Crippen molar-refractivity contribution in [3.05, 3.63) is 12.3 Å². The quantitative estimate of drug-likeness (QED) is 0.519. The van der Waals surface area contributed by atoms with Gasteiger partial charge in [0, 0.05) is 13.3 Å². The van der Waals surface area contributed by atoms with E-state index in [1.807, 2.05) is 0 Å². The smallest absolute Gasteiger partial charge is 0.0901 e. The summed E-state index contributed by atoms with van der Waals surface area (Å²) in [5.41, 5.74) is 2.07. The van der Waals surface area contributed by atoms with E-state index in [4.69, 9.17) is 4.74 Å². The fourth-order valence-corrected chi connectivity index (χ4v) is 1.70. The molecule has 0 aromatic rings. The van der Waals surface area contributed by atoms with Crippen molar-refractivity contribution in [3.63, 3.8) is 0 Å². The van der Waals surface area contributed by atoms with E-state index in [-0.39, 0.29) is 0 Å². The van der Waals surface area contributed by atoms with Gasteiger partial charge >= 0.3 is 0 Å². The van der Waals surface area contributed by atoms with Crippen LogP contribution < -0.4 is 0 Å². The average molecular weight is 130 g/mol. The van der Waals surface area contributed by atoms with Gasteiger partial charge in [-0.1, -0.05) is 13.0 Å². The van der Waals surface area contributed by atoms with Crippen molar-refractivity contribution in [2.45, 2.75) is 13.0 Å². The molecular formula is C6H14OSi. The maximum Gasteiger partial charge on any atom is 0.0901 e. The lowest BCUT2D eigenvalue weighted by atomic mass is 11.0. The van der Waals surface area contributed by atoms with E-state index in [1.165, 1.54) is 6.04 Å². The summed E-state index contributed by atoms with van der Waals surface area (Å²) in [6, 6.07) is 1.26. The van der Waals surface area contributed by atoms with Gasteiger partial charge in [-0.25, -0.2) is 0 Å². The summed E-state index contributed by atoms with van der Waals surface area (Å²) in [6.07, 6.45) is 0.944. The molecule has 0 radical (unpaired) electrons. The van der Waals surface area contributed by atoms with Crippen LogP contribution in [0.1, 0.15) is 6.92 Å². The van der Waals surface area contributed by atoms with Crippen molar-refractivity contribution in [2.75, 3.05) is 13.3 Å². The molecule has 0 heterocycles. The first-order chi connectivity index (χ1) is 3.85. The number of ether oxygens (including phenoxy) is 1. The lowest BCUT2D eigenvalue weighted by molar-refractivity contribution is 0.249. The first kappa shape index (κ1) is 7.92. The van der Waals surface area contributed by atoms with Crippen LogP contribution in [0.5, 0.6) is 0 Å². The molecule has 0 rings (SSSR count). The minimum absolute atomic E-state index is 0.650.